The Kier molecular flexibility index (Phi) is 3.77. The fourth-order valence-electron chi connectivity index (χ4n) is 1.98. The molecule has 1 aromatic carbocycles. The lowest BCUT2D eigenvalue weighted by molar-refractivity contribution is -0.119. The Morgan fingerprint density at radius 2 is 2.17 bits per heavy atom. The molecule has 1 atom stereocenters. The van der Waals surface area contributed by atoms with Crippen molar-refractivity contribution in [3.63, 3.8) is 0 Å². The molecule has 1 amide bonds. The predicted octanol–water partition coefficient (Wildman–Crippen LogP) is 2.13. The van der Waals surface area contributed by atoms with Gasteiger partial charge in [0.25, 0.3) is 0 Å². The van der Waals surface area contributed by atoms with Crippen LogP contribution in [0.25, 0.3) is 0 Å². The van der Waals surface area contributed by atoms with Gasteiger partial charge in [-0.05, 0) is 40.9 Å². The molecule has 0 aliphatic carbocycles. The van der Waals surface area contributed by atoms with Gasteiger partial charge < -0.3 is 5.32 Å². The summed E-state index contributed by atoms with van der Waals surface area (Å²) in [5, 5.41) is 2.78. The highest BCUT2D eigenvalue weighted by molar-refractivity contribution is 9.10. The molecule has 0 spiro atoms. The van der Waals surface area contributed by atoms with E-state index in [0.29, 0.717) is 12.1 Å². The number of carbonyl (C=O) groups excluding carboxylic acids is 1. The van der Waals surface area contributed by atoms with Crippen molar-refractivity contribution in [2.75, 3.05) is 16.8 Å². The third-order valence-electron chi connectivity index (χ3n) is 3.05. The number of aryl methyl sites for hydroxylation is 1. The number of amides is 1. The normalized spacial score (nSPS) is 21.8. The number of anilines is 1. The summed E-state index contributed by atoms with van der Waals surface area (Å²) in [6.45, 7) is 1.93. The molecule has 1 fully saturated rings. The molecule has 0 aromatic heterocycles. The minimum absolute atomic E-state index is 0.0394. The molecule has 1 heterocycles. The lowest BCUT2D eigenvalue weighted by Gasteiger charge is -2.12. The molecule has 98 valence electrons. The summed E-state index contributed by atoms with van der Waals surface area (Å²) in [4.78, 5) is 12.0. The van der Waals surface area contributed by atoms with E-state index in [-0.39, 0.29) is 17.4 Å². The number of carbonyl (C=O) groups is 1. The van der Waals surface area contributed by atoms with Crippen molar-refractivity contribution in [1.82, 2.24) is 0 Å². The Balaban J connectivity index is 2.11. The standard InChI is InChI=1S/C12H14BrNO3S/c1-8-3-2-4-10(11(8)13)14-12(15)9-5-6-18(16,17)7-9/h2-4,9H,5-7H2,1H3,(H,14,15). The third-order valence-corrected chi connectivity index (χ3v) is 5.87. The van der Waals surface area contributed by atoms with Crippen LogP contribution in [0.5, 0.6) is 0 Å². The van der Waals surface area contributed by atoms with Crippen molar-refractivity contribution in [3.8, 4) is 0 Å². The molecule has 0 radical (unpaired) electrons. The van der Waals surface area contributed by atoms with Crippen LogP contribution < -0.4 is 5.32 Å². The van der Waals surface area contributed by atoms with E-state index in [4.69, 9.17) is 0 Å². The molecular weight excluding hydrogens is 318 g/mol. The molecule has 0 bridgehead atoms. The van der Waals surface area contributed by atoms with Crippen LogP contribution in [0.2, 0.25) is 0 Å². The minimum atomic E-state index is -3.02. The number of benzene rings is 1. The smallest absolute Gasteiger partial charge is 0.228 e. The predicted molar refractivity (Wildman–Crippen MR) is 74.3 cm³/mol. The van der Waals surface area contributed by atoms with Crippen LogP contribution in [0.15, 0.2) is 22.7 Å². The first kappa shape index (κ1) is 13.5. The van der Waals surface area contributed by atoms with Crippen LogP contribution in [0.1, 0.15) is 12.0 Å². The van der Waals surface area contributed by atoms with Crippen molar-refractivity contribution < 1.29 is 13.2 Å². The van der Waals surface area contributed by atoms with Crippen molar-refractivity contribution in [3.05, 3.63) is 28.2 Å². The van der Waals surface area contributed by atoms with Crippen LogP contribution in [0.4, 0.5) is 5.69 Å². The van der Waals surface area contributed by atoms with E-state index in [2.05, 4.69) is 21.2 Å². The van der Waals surface area contributed by atoms with Gasteiger partial charge in [-0.3, -0.25) is 4.79 Å². The quantitative estimate of drug-likeness (QED) is 0.902. The molecule has 1 N–H and O–H groups in total. The molecule has 18 heavy (non-hydrogen) atoms. The first-order valence-corrected chi connectivity index (χ1v) is 8.27. The summed E-state index contributed by atoms with van der Waals surface area (Å²) in [6.07, 6.45) is 0.414. The van der Waals surface area contributed by atoms with Gasteiger partial charge in [0.15, 0.2) is 9.84 Å². The summed E-state index contributed by atoms with van der Waals surface area (Å²) in [6, 6.07) is 5.57. The second-order valence-corrected chi connectivity index (χ2v) is 7.55. The average molecular weight is 332 g/mol. The Labute approximate surface area is 115 Å². The van der Waals surface area contributed by atoms with Gasteiger partial charge in [0.05, 0.1) is 23.1 Å². The van der Waals surface area contributed by atoms with Crippen molar-refractivity contribution in [2.45, 2.75) is 13.3 Å². The SMILES string of the molecule is Cc1cccc(NC(=O)C2CCS(=O)(=O)C2)c1Br. The van der Waals surface area contributed by atoms with Gasteiger partial charge in [-0.15, -0.1) is 0 Å². The van der Waals surface area contributed by atoms with Crippen molar-refractivity contribution >= 4 is 37.4 Å². The second kappa shape index (κ2) is 5.01. The van der Waals surface area contributed by atoms with Crippen LogP contribution in [-0.4, -0.2) is 25.8 Å². The molecule has 1 aliphatic heterocycles. The number of sulfone groups is 1. The molecular formula is C12H14BrNO3S. The van der Waals surface area contributed by atoms with Gasteiger partial charge in [-0.2, -0.15) is 0 Å². The van der Waals surface area contributed by atoms with Gasteiger partial charge in [-0.25, -0.2) is 8.42 Å². The maximum absolute atomic E-state index is 12.0. The maximum atomic E-state index is 12.0. The summed E-state index contributed by atoms with van der Waals surface area (Å²) < 4.78 is 23.5. The fraction of sp³-hybridized carbons (Fsp3) is 0.417. The van der Waals surface area contributed by atoms with Gasteiger partial charge >= 0.3 is 0 Å². The van der Waals surface area contributed by atoms with E-state index >= 15 is 0 Å². The number of rotatable bonds is 2. The molecule has 1 aromatic rings. The zero-order chi connectivity index (χ0) is 13.3. The zero-order valence-electron chi connectivity index (χ0n) is 9.94. The van der Waals surface area contributed by atoms with E-state index in [9.17, 15) is 13.2 Å². The van der Waals surface area contributed by atoms with E-state index in [1.807, 2.05) is 19.1 Å². The first-order valence-electron chi connectivity index (χ1n) is 5.65. The lowest BCUT2D eigenvalue weighted by atomic mass is 10.1. The fourth-order valence-corrected chi connectivity index (χ4v) is 4.09. The highest BCUT2D eigenvalue weighted by Crippen LogP contribution is 2.27. The number of halogens is 1. The molecule has 1 aliphatic rings. The Hall–Kier alpha value is -0.880. The van der Waals surface area contributed by atoms with Crippen LogP contribution >= 0.6 is 15.9 Å². The van der Waals surface area contributed by atoms with E-state index < -0.39 is 15.8 Å². The maximum Gasteiger partial charge on any atom is 0.228 e. The van der Waals surface area contributed by atoms with Crippen molar-refractivity contribution in [1.29, 1.82) is 0 Å². The third kappa shape index (κ3) is 2.92. The van der Waals surface area contributed by atoms with Gasteiger partial charge in [0.2, 0.25) is 5.91 Å². The summed E-state index contributed by atoms with van der Waals surface area (Å²) >= 11 is 3.41. The highest BCUT2D eigenvalue weighted by Gasteiger charge is 2.33. The molecule has 6 heteroatoms. The minimum Gasteiger partial charge on any atom is -0.325 e. The number of nitrogens with one attached hydrogen (secondary N) is 1. The van der Waals surface area contributed by atoms with Gasteiger partial charge in [-0.1, -0.05) is 12.1 Å². The molecule has 1 unspecified atom stereocenters. The van der Waals surface area contributed by atoms with E-state index in [1.54, 1.807) is 6.07 Å². The number of hydrogen-bond acceptors (Lipinski definition) is 3. The van der Waals surface area contributed by atoms with Crippen LogP contribution in [-0.2, 0) is 14.6 Å². The molecule has 1 saturated heterocycles. The van der Waals surface area contributed by atoms with E-state index in [1.165, 1.54) is 0 Å². The topological polar surface area (TPSA) is 63.2 Å². The largest absolute Gasteiger partial charge is 0.325 e. The Morgan fingerprint density at radius 3 is 2.78 bits per heavy atom. The summed E-state index contributed by atoms with van der Waals surface area (Å²) in [5.74, 6) is -0.577. The van der Waals surface area contributed by atoms with Crippen molar-refractivity contribution in [2.24, 2.45) is 5.92 Å². The molecule has 0 saturated carbocycles. The van der Waals surface area contributed by atoms with Gasteiger partial charge in [0.1, 0.15) is 0 Å². The monoisotopic (exact) mass is 331 g/mol. The second-order valence-electron chi connectivity index (χ2n) is 4.53. The number of hydrogen-bond donors (Lipinski definition) is 1. The van der Waals surface area contributed by atoms with Gasteiger partial charge in [0, 0.05) is 4.47 Å². The Morgan fingerprint density at radius 1 is 1.44 bits per heavy atom. The molecule has 4 nitrogen and oxygen atoms in total. The lowest BCUT2D eigenvalue weighted by Crippen LogP contribution is -2.23. The average Bonchev–Trinajstić information content (AvgIpc) is 2.65. The Bertz CT molecular complexity index is 583. The zero-order valence-corrected chi connectivity index (χ0v) is 12.3. The molecule has 2 rings (SSSR count). The summed E-state index contributed by atoms with van der Waals surface area (Å²) in [7, 11) is -3.02. The van der Waals surface area contributed by atoms with E-state index in [0.717, 1.165) is 10.0 Å². The summed E-state index contributed by atoms with van der Waals surface area (Å²) in [5.41, 5.74) is 1.70. The van der Waals surface area contributed by atoms with Crippen LogP contribution in [0, 0.1) is 12.8 Å². The first-order chi connectivity index (χ1) is 8.39. The van der Waals surface area contributed by atoms with Crippen LogP contribution in [0.3, 0.4) is 0 Å². The highest BCUT2D eigenvalue weighted by atomic mass is 79.9.